The number of para-hydroxylation sites is 3. The first-order valence-electron chi connectivity index (χ1n) is 24.5. The fourth-order valence-corrected chi connectivity index (χ4v) is 13.8. The molecule has 1 aliphatic heterocycles. The van der Waals surface area contributed by atoms with E-state index in [9.17, 15) is 0 Å². The molecule has 11 aromatic carbocycles. The second-order valence-electron chi connectivity index (χ2n) is 19.5. The van der Waals surface area contributed by atoms with Gasteiger partial charge in [0.2, 0.25) is 0 Å². The van der Waals surface area contributed by atoms with Gasteiger partial charge in [-0.2, -0.15) is 0 Å². The van der Waals surface area contributed by atoms with Gasteiger partial charge in [0.05, 0.1) is 27.6 Å². The lowest BCUT2D eigenvalue weighted by molar-refractivity contribution is 0.748. The summed E-state index contributed by atoms with van der Waals surface area (Å²) in [7, 11) is 0. The van der Waals surface area contributed by atoms with Gasteiger partial charge in [-0.15, -0.1) is 0 Å². The van der Waals surface area contributed by atoms with Crippen LogP contribution in [-0.2, 0) is 10.8 Å². The van der Waals surface area contributed by atoms with Gasteiger partial charge in [0.15, 0.2) is 0 Å². The molecule has 2 nitrogen and oxygen atoms in total. The van der Waals surface area contributed by atoms with Crippen LogP contribution in [0.25, 0.3) is 72.0 Å². The summed E-state index contributed by atoms with van der Waals surface area (Å²) in [5, 5.41) is 2.57. The van der Waals surface area contributed by atoms with E-state index >= 15 is 0 Å². The molecule has 70 heavy (non-hydrogen) atoms. The predicted molar refractivity (Wildman–Crippen MR) is 288 cm³/mol. The summed E-state index contributed by atoms with van der Waals surface area (Å²) in [4.78, 5) is 2.50. The third kappa shape index (κ3) is 4.64. The van der Waals surface area contributed by atoms with E-state index in [4.69, 9.17) is 0 Å². The van der Waals surface area contributed by atoms with Crippen molar-refractivity contribution in [1.82, 2.24) is 4.57 Å². The molecule has 0 bridgehead atoms. The van der Waals surface area contributed by atoms with Crippen LogP contribution in [-0.4, -0.2) is 4.57 Å². The Labute approximate surface area is 406 Å². The molecule has 1 unspecified atom stereocenters. The number of anilines is 3. The molecule has 16 rings (SSSR count). The molecule has 3 aliphatic carbocycles. The van der Waals surface area contributed by atoms with Gasteiger partial charge in [0, 0.05) is 27.8 Å². The highest BCUT2D eigenvalue weighted by atomic mass is 15.1. The first-order chi connectivity index (χ1) is 34.7. The van der Waals surface area contributed by atoms with Crippen LogP contribution in [0.2, 0.25) is 0 Å². The number of hydrogen-bond acceptors (Lipinski definition) is 1. The molecule has 4 aliphatic rings. The van der Waals surface area contributed by atoms with Gasteiger partial charge in [-0.05, 0) is 138 Å². The van der Waals surface area contributed by atoms with E-state index in [-0.39, 0.29) is 0 Å². The molecule has 2 heterocycles. The van der Waals surface area contributed by atoms with Crippen molar-refractivity contribution in [1.29, 1.82) is 0 Å². The minimum atomic E-state index is -0.526. The topological polar surface area (TPSA) is 8.17 Å². The van der Waals surface area contributed by atoms with Crippen LogP contribution in [0, 0.1) is 0 Å². The smallest absolute Gasteiger partial charge is 0.0754 e. The highest BCUT2D eigenvalue weighted by Gasteiger charge is 2.53. The lowest BCUT2D eigenvalue weighted by atomic mass is 9.65. The van der Waals surface area contributed by atoms with E-state index in [2.05, 4.69) is 264 Å². The van der Waals surface area contributed by atoms with Crippen molar-refractivity contribution < 1.29 is 0 Å². The summed E-state index contributed by atoms with van der Waals surface area (Å²) in [5.41, 5.74) is 26.9. The van der Waals surface area contributed by atoms with Crippen molar-refractivity contribution in [3.8, 4) is 50.2 Å². The number of fused-ring (bicyclic) bond motifs is 22. The molecule has 1 atom stereocenters. The van der Waals surface area contributed by atoms with Crippen molar-refractivity contribution in [2.45, 2.75) is 10.8 Å². The van der Waals surface area contributed by atoms with Crippen LogP contribution in [0.3, 0.4) is 0 Å². The zero-order chi connectivity index (χ0) is 45.7. The van der Waals surface area contributed by atoms with Gasteiger partial charge >= 0.3 is 0 Å². The third-order valence-electron chi connectivity index (χ3n) is 16.4. The Kier molecular flexibility index (Phi) is 7.51. The Bertz CT molecular complexity index is 4130. The van der Waals surface area contributed by atoms with E-state index in [0.717, 1.165) is 17.1 Å². The van der Waals surface area contributed by atoms with Gasteiger partial charge in [-0.1, -0.05) is 206 Å². The Hall–Kier alpha value is -8.98. The van der Waals surface area contributed by atoms with E-state index < -0.39 is 10.8 Å². The number of rotatable bonds is 4. The summed E-state index contributed by atoms with van der Waals surface area (Å²) >= 11 is 0. The molecule has 0 saturated carbocycles. The third-order valence-corrected chi connectivity index (χ3v) is 16.4. The van der Waals surface area contributed by atoms with E-state index in [0.29, 0.717) is 0 Å². The van der Waals surface area contributed by atoms with E-state index in [1.807, 2.05) is 0 Å². The monoisotopic (exact) mass is 886 g/mol. The normalized spacial score (nSPS) is 15.6. The molecule has 0 radical (unpaired) electrons. The molecular weight excluding hydrogens is 845 g/mol. The Morgan fingerprint density at radius 1 is 0.271 bits per heavy atom. The largest absolute Gasteiger partial charge is 0.310 e. The van der Waals surface area contributed by atoms with Crippen molar-refractivity contribution in [2.24, 2.45) is 0 Å². The van der Waals surface area contributed by atoms with Crippen LogP contribution < -0.4 is 4.90 Å². The van der Waals surface area contributed by atoms with Crippen molar-refractivity contribution in [3.63, 3.8) is 0 Å². The summed E-state index contributed by atoms with van der Waals surface area (Å²) in [5.74, 6) is 0. The minimum absolute atomic E-state index is 0.459. The van der Waals surface area contributed by atoms with Crippen LogP contribution in [0.5, 0.6) is 0 Å². The average Bonchev–Trinajstić information content (AvgIpc) is 4.13. The van der Waals surface area contributed by atoms with Crippen LogP contribution in [0.15, 0.2) is 255 Å². The molecule has 0 fully saturated rings. The number of aromatic nitrogens is 1. The van der Waals surface area contributed by atoms with Gasteiger partial charge in [0.25, 0.3) is 0 Å². The minimum Gasteiger partial charge on any atom is -0.310 e. The number of nitrogens with zero attached hydrogens (tertiary/aromatic N) is 2. The molecule has 0 amide bonds. The predicted octanol–water partition coefficient (Wildman–Crippen LogP) is 16.9. The van der Waals surface area contributed by atoms with Crippen molar-refractivity contribution in [3.05, 3.63) is 299 Å². The maximum Gasteiger partial charge on any atom is 0.0754 e. The quantitative estimate of drug-likeness (QED) is 0.171. The highest BCUT2D eigenvalue weighted by Crippen LogP contribution is 2.65. The van der Waals surface area contributed by atoms with E-state index in [1.165, 1.54) is 117 Å². The van der Waals surface area contributed by atoms with Crippen LogP contribution >= 0.6 is 0 Å². The van der Waals surface area contributed by atoms with Crippen LogP contribution in [0.1, 0.15) is 44.5 Å². The fourth-order valence-electron chi connectivity index (χ4n) is 13.8. The lowest BCUT2D eigenvalue weighted by Crippen LogP contribution is -2.33. The Morgan fingerprint density at radius 2 is 0.729 bits per heavy atom. The number of benzene rings is 11. The molecule has 12 aromatic rings. The lowest BCUT2D eigenvalue weighted by Gasteiger charge is -2.39. The Morgan fingerprint density at radius 3 is 1.41 bits per heavy atom. The molecule has 2 heteroatoms. The SMILES string of the molecule is c1ccc(-c2ccc(N(c3ccc4c(c3)-c3ccccc3C43c4ccccc4-n4c5ccccc5c5cccc3c54)c3ccc4c(c3)C3(c5ccccc5-c5ccccc53)c3ccccc3-4)cc2)cc1. The van der Waals surface area contributed by atoms with Gasteiger partial charge in [-0.25, -0.2) is 0 Å². The number of hydrogen-bond donors (Lipinski definition) is 0. The van der Waals surface area contributed by atoms with Gasteiger partial charge < -0.3 is 9.47 Å². The van der Waals surface area contributed by atoms with Gasteiger partial charge in [0.1, 0.15) is 0 Å². The zero-order valence-corrected chi connectivity index (χ0v) is 38.1. The first-order valence-corrected chi connectivity index (χ1v) is 24.5. The van der Waals surface area contributed by atoms with Crippen LogP contribution in [0.4, 0.5) is 17.1 Å². The summed E-state index contributed by atoms with van der Waals surface area (Å²) in [6, 6.07) is 96.0. The molecular formula is C68H42N2. The summed E-state index contributed by atoms with van der Waals surface area (Å²) in [6.07, 6.45) is 0. The highest BCUT2D eigenvalue weighted by molar-refractivity contribution is 6.13. The molecule has 2 spiro atoms. The van der Waals surface area contributed by atoms with Crippen molar-refractivity contribution >= 4 is 38.9 Å². The molecule has 0 N–H and O–H groups in total. The Balaban J connectivity index is 0.954. The molecule has 0 saturated heterocycles. The summed E-state index contributed by atoms with van der Waals surface area (Å²) < 4.78 is 2.52. The molecule has 324 valence electrons. The summed E-state index contributed by atoms with van der Waals surface area (Å²) in [6.45, 7) is 0. The molecule has 1 aromatic heterocycles. The first kappa shape index (κ1) is 38.0. The second kappa shape index (κ2) is 13.8. The maximum absolute atomic E-state index is 2.52. The average molecular weight is 887 g/mol. The second-order valence-corrected chi connectivity index (χ2v) is 19.5. The maximum atomic E-state index is 2.52. The zero-order valence-electron chi connectivity index (χ0n) is 38.1. The van der Waals surface area contributed by atoms with E-state index in [1.54, 1.807) is 0 Å². The van der Waals surface area contributed by atoms with Crippen molar-refractivity contribution in [2.75, 3.05) is 4.90 Å². The van der Waals surface area contributed by atoms with Gasteiger partial charge in [-0.3, -0.25) is 0 Å². The fraction of sp³-hybridized carbons (Fsp3) is 0.0294. The standard InChI is InChI=1S/C68H42N2/c1-2-17-43(18-3-1)44-33-35-45(36-34-44)69(47-37-39-52-50-21-6-11-27-58(50)67(63(52)42-47)56-25-9-4-19-48(56)49-20-5-10-26-57(49)67)46-38-40-60-55(41-46)51-22-7-12-28-59(51)68(60)61-29-13-15-32-65(61)70-64-31-14-8-23-53(64)54-24-16-30-62(68)66(54)70/h1-42H.